The van der Waals surface area contributed by atoms with E-state index < -0.39 is 24.5 Å². The highest BCUT2D eigenvalue weighted by atomic mass is 16.7. The Labute approximate surface area is 104 Å². The minimum Gasteiger partial charge on any atom is -0.508 e. The number of hydrogen-bond donors (Lipinski definition) is 4. The molecule has 0 radical (unpaired) electrons. The number of carbonyl (C=O) groups excluding carboxylic acids is 2. The van der Waals surface area contributed by atoms with Gasteiger partial charge in [-0.25, -0.2) is 5.48 Å². The average molecular weight is 253 g/mol. The lowest BCUT2D eigenvalue weighted by Gasteiger charge is -2.11. The Morgan fingerprint density at radius 1 is 1.33 bits per heavy atom. The summed E-state index contributed by atoms with van der Waals surface area (Å²) in [6, 6.07) is 5.51. The molecule has 7 heteroatoms. The van der Waals surface area contributed by atoms with Crippen molar-refractivity contribution in [3.05, 3.63) is 29.8 Å². The summed E-state index contributed by atoms with van der Waals surface area (Å²) >= 11 is 0. The first-order valence-corrected chi connectivity index (χ1v) is 5.22. The van der Waals surface area contributed by atoms with Gasteiger partial charge in [0, 0.05) is 0 Å². The molecule has 0 fully saturated rings. The third-order valence-corrected chi connectivity index (χ3v) is 2.12. The monoisotopic (exact) mass is 253 g/mol. The van der Waals surface area contributed by atoms with Crippen LogP contribution in [-0.2, 0) is 20.8 Å². The molecule has 7 nitrogen and oxygen atoms in total. The maximum absolute atomic E-state index is 11.4. The van der Waals surface area contributed by atoms with Crippen molar-refractivity contribution in [3.8, 4) is 5.75 Å². The van der Waals surface area contributed by atoms with Crippen LogP contribution >= 0.6 is 0 Å². The number of hydroxylamine groups is 1. The molecule has 0 bridgehead atoms. The van der Waals surface area contributed by atoms with E-state index in [4.69, 9.17) is 16.6 Å². The molecule has 1 aromatic carbocycles. The molecule has 1 rings (SSSR count). The fourth-order valence-electron chi connectivity index (χ4n) is 1.23. The van der Waals surface area contributed by atoms with E-state index in [0.29, 0.717) is 0 Å². The number of nitrogens with one attached hydrogen (secondary N) is 1. The van der Waals surface area contributed by atoms with Crippen molar-refractivity contribution in [2.24, 2.45) is 11.5 Å². The SMILES string of the molecule is NC(=O)CONC(=O)C(N)Cc1ccc(O)cc1. The largest absolute Gasteiger partial charge is 0.508 e. The molecule has 1 atom stereocenters. The summed E-state index contributed by atoms with van der Waals surface area (Å²) < 4.78 is 0. The molecule has 98 valence electrons. The molecule has 1 aromatic rings. The minimum atomic E-state index is -0.817. The van der Waals surface area contributed by atoms with Gasteiger partial charge in [0.1, 0.15) is 5.75 Å². The number of hydrogen-bond acceptors (Lipinski definition) is 5. The van der Waals surface area contributed by atoms with Crippen molar-refractivity contribution in [1.29, 1.82) is 0 Å². The van der Waals surface area contributed by atoms with E-state index in [9.17, 15) is 9.59 Å². The molecule has 0 saturated heterocycles. The zero-order valence-electron chi connectivity index (χ0n) is 9.63. The molecular formula is C11H15N3O4. The van der Waals surface area contributed by atoms with Gasteiger partial charge in [-0.1, -0.05) is 12.1 Å². The van der Waals surface area contributed by atoms with E-state index in [1.807, 2.05) is 5.48 Å². The first-order chi connectivity index (χ1) is 8.49. The lowest BCUT2D eigenvalue weighted by atomic mass is 10.1. The zero-order chi connectivity index (χ0) is 13.5. The standard InChI is InChI=1S/C11H15N3O4/c12-9(11(17)14-18-6-10(13)16)5-7-1-3-8(15)4-2-7/h1-4,9,15H,5-6,12H2,(H2,13,16)(H,14,17). The molecule has 0 aliphatic rings. The maximum atomic E-state index is 11.4. The van der Waals surface area contributed by atoms with Crippen molar-refractivity contribution in [3.63, 3.8) is 0 Å². The molecule has 0 aromatic heterocycles. The summed E-state index contributed by atoms with van der Waals surface area (Å²) in [6.45, 7) is -0.405. The predicted molar refractivity (Wildman–Crippen MR) is 63.1 cm³/mol. The normalized spacial score (nSPS) is 11.8. The van der Waals surface area contributed by atoms with Crippen molar-refractivity contribution in [2.45, 2.75) is 12.5 Å². The molecule has 0 aliphatic heterocycles. The van der Waals surface area contributed by atoms with Crippen LogP contribution in [0.15, 0.2) is 24.3 Å². The molecule has 0 saturated carbocycles. The lowest BCUT2D eigenvalue weighted by molar-refractivity contribution is -0.138. The Hall–Kier alpha value is -2.12. The van der Waals surface area contributed by atoms with Crippen LogP contribution in [0.4, 0.5) is 0 Å². The quantitative estimate of drug-likeness (QED) is 0.473. The van der Waals surface area contributed by atoms with Gasteiger partial charge in [0.15, 0.2) is 6.61 Å². The zero-order valence-corrected chi connectivity index (χ0v) is 9.63. The smallest absolute Gasteiger partial charge is 0.260 e. The van der Waals surface area contributed by atoms with Crippen LogP contribution in [-0.4, -0.2) is 29.6 Å². The number of amides is 2. The van der Waals surface area contributed by atoms with Crippen molar-refractivity contribution in [1.82, 2.24) is 5.48 Å². The van der Waals surface area contributed by atoms with Gasteiger partial charge in [-0.2, -0.15) is 0 Å². The first-order valence-electron chi connectivity index (χ1n) is 5.22. The molecule has 6 N–H and O–H groups in total. The Morgan fingerprint density at radius 3 is 2.50 bits per heavy atom. The Morgan fingerprint density at radius 2 is 1.94 bits per heavy atom. The molecular weight excluding hydrogens is 238 g/mol. The van der Waals surface area contributed by atoms with Gasteiger partial charge in [-0.3, -0.25) is 14.4 Å². The van der Waals surface area contributed by atoms with Crippen LogP contribution in [0.3, 0.4) is 0 Å². The summed E-state index contributed by atoms with van der Waals surface area (Å²) in [5, 5.41) is 9.09. The molecule has 1 unspecified atom stereocenters. The number of benzene rings is 1. The van der Waals surface area contributed by atoms with Gasteiger partial charge < -0.3 is 16.6 Å². The fraction of sp³-hybridized carbons (Fsp3) is 0.273. The van der Waals surface area contributed by atoms with Crippen LogP contribution in [0, 0.1) is 0 Å². The lowest BCUT2D eigenvalue weighted by Crippen LogP contribution is -2.43. The number of rotatable bonds is 6. The van der Waals surface area contributed by atoms with Crippen LogP contribution in [0.1, 0.15) is 5.56 Å². The molecule has 2 amide bonds. The Balaban J connectivity index is 2.39. The van der Waals surface area contributed by atoms with Crippen LogP contribution in [0.25, 0.3) is 0 Å². The van der Waals surface area contributed by atoms with Gasteiger partial charge in [-0.15, -0.1) is 0 Å². The molecule has 0 heterocycles. The summed E-state index contributed by atoms with van der Waals surface area (Å²) in [7, 11) is 0. The van der Waals surface area contributed by atoms with Gasteiger partial charge in [-0.05, 0) is 24.1 Å². The van der Waals surface area contributed by atoms with Crippen LogP contribution < -0.4 is 16.9 Å². The highest BCUT2D eigenvalue weighted by Crippen LogP contribution is 2.10. The maximum Gasteiger partial charge on any atom is 0.260 e. The summed E-state index contributed by atoms with van der Waals surface area (Å²) in [5.41, 5.74) is 13.3. The number of phenolic OH excluding ortho intramolecular Hbond substituents is 1. The third kappa shape index (κ3) is 4.81. The number of aromatic hydroxyl groups is 1. The summed E-state index contributed by atoms with van der Waals surface area (Å²) in [6.07, 6.45) is 0.284. The molecule has 0 spiro atoms. The Bertz CT molecular complexity index is 419. The molecule has 0 aliphatic carbocycles. The van der Waals surface area contributed by atoms with E-state index >= 15 is 0 Å². The van der Waals surface area contributed by atoms with Gasteiger partial charge >= 0.3 is 0 Å². The highest BCUT2D eigenvalue weighted by molar-refractivity contribution is 5.81. The van der Waals surface area contributed by atoms with E-state index in [0.717, 1.165) is 5.56 Å². The van der Waals surface area contributed by atoms with E-state index in [-0.39, 0.29) is 12.2 Å². The topological polar surface area (TPSA) is 128 Å². The second-order valence-electron chi connectivity index (χ2n) is 3.70. The van der Waals surface area contributed by atoms with Crippen molar-refractivity contribution in [2.75, 3.05) is 6.61 Å². The van der Waals surface area contributed by atoms with Gasteiger partial charge in [0.25, 0.3) is 5.91 Å². The number of nitrogens with two attached hydrogens (primary N) is 2. The summed E-state index contributed by atoms with van der Waals surface area (Å²) in [5.74, 6) is -1.10. The van der Waals surface area contributed by atoms with E-state index in [1.54, 1.807) is 12.1 Å². The number of carbonyl (C=O) groups is 2. The minimum absolute atomic E-state index is 0.140. The molecule has 18 heavy (non-hydrogen) atoms. The summed E-state index contributed by atoms with van der Waals surface area (Å²) in [4.78, 5) is 26.3. The van der Waals surface area contributed by atoms with Gasteiger partial charge in [0.05, 0.1) is 6.04 Å². The van der Waals surface area contributed by atoms with Gasteiger partial charge in [0.2, 0.25) is 5.91 Å². The van der Waals surface area contributed by atoms with Crippen molar-refractivity contribution < 1.29 is 19.5 Å². The number of primary amides is 1. The Kier molecular flexibility index (Phi) is 5.09. The second kappa shape index (κ2) is 6.58. The van der Waals surface area contributed by atoms with Crippen LogP contribution in [0.2, 0.25) is 0 Å². The third-order valence-electron chi connectivity index (χ3n) is 2.12. The highest BCUT2D eigenvalue weighted by Gasteiger charge is 2.14. The fourth-order valence-corrected chi connectivity index (χ4v) is 1.23. The number of phenols is 1. The average Bonchev–Trinajstić information content (AvgIpc) is 2.31. The van der Waals surface area contributed by atoms with E-state index in [1.165, 1.54) is 12.1 Å². The van der Waals surface area contributed by atoms with Crippen LogP contribution in [0.5, 0.6) is 5.75 Å². The van der Waals surface area contributed by atoms with E-state index in [2.05, 4.69) is 4.84 Å². The predicted octanol–water partition coefficient (Wildman–Crippen LogP) is -1.20. The van der Waals surface area contributed by atoms with Crippen molar-refractivity contribution >= 4 is 11.8 Å². The second-order valence-corrected chi connectivity index (χ2v) is 3.70. The first kappa shape index (κ1) is 13.9.